The van der Waals surface area contributed by atoms with E-state index in [1.807, 2.05) is 30.3 Å². The van der Waals surface area contributed by atoms with Crippen LogP contribution in [0.2, 0.25) is 0 Å². The Bertz CT molecular complexity index is 756. The van der Waals surface area contributed by atoms with Crippen molar-refractivity contribution < 1.29 is 9.13 Å². The fourth-order valence-electron chi connectivity index (χ4n) is 2.61. The minimum Gasteiger partial charge on any atom is -0.489 e. The van der Waals surface area contributed by atoms with Crippen molar-refractivity contribution in [3.63, 3.8) is 0 Å². The van der Waals surface area contributed by atoms with E-state index in [4.69, 9.17) is 10.5 Å². The maximum Gasteiger partial charge on any atom is 0.129 e. The normalized spacial score (nSPS) is 12.1. The van der Waals surface area contributed by atoms with E-state index in [2.05, 4.69) is 17.5 Å². The molecule has 2 aromatic carbocycles. The number of ether oxygens (including phenoxy) is 1. The van der Waals surface area contributed by atoms with E-state index in [0.717, 1.165) is 12.2 Å². The van der Waals surface area contributed by atoms with Gasteiger partial charge in [0.2, 0.25) is 0 Å². The molecule has 2 nitrogen and oxygen atoms in total. The minimum atomic E-state index is -0.240. The maximum atomic E-state index is 13.6. The Morgan fingerprint density at radius 2 is 1.79 bits per heavy atom. The fourth-order valence-corrected chi connectivity index (χ4v) is 3.45. The fraction of sp³-hybridized carbons (Fsp3) is 0.200. The molecule has 0 amide bonds. The van der Waals surface area contributed by atoms with Gasteiger partial charge in [0.05, 0.1) is 0 Å². The second-order valence-corrected chi connectivity index (χ2v) is 6.66. The molecule has 0 fully saturated rings. The Kier molecular flexibility index (Phi) is 5.62. The van der Waals surface area contributed by atoms with E-state index < -0.39 is 0 Å². The summed E-state index contributed by atoms with van der Waals surface area (Å²) in [5.41, 5.74) is 7.69. The van der Waals surface area contributed by atoms with Crippen LogP contribution in [0.5, 0.6) is 5.75 Å². The van der Waals surface area contributed by atoms with Gasteiger partial charge in [0.1, 0.15) is 18.2 Å². The van der Waals surface area contributed by atoms with Gasteiger partial charge in [0.25, 0.3) is 0 Å². The number of hydrogen-bond donors (Lipinski definition) is 1. The van der Waals surface area contributed by atoms with Crippen LogP contribution in [-0.4, -0.2) is 6.54 Å². The van der Waals surface area contributed by atoms with Gasteiger partial charge in [-0.15, -0.1) is 11.3 Å². The summed E-state index contributed by atoms with van der Waals surface area (Å²) in [6.07, 6.45) is 0.907. The lowest BCUT2D eigenvalue weighted by Crippen LogP contribution is -2.13. The molecular formula is C20H20FNOS. The molecule has 0 aliphatic carbocycles. The van der Waals surface area contributed by atoms with Gasteiger partial charge in [0.15, 0.2) is 0 Å². The van der Waals surface area contributed by atoms with Gasteiger partial charge in [-0.1, -0.05) is 36.4 Å². The number of hydrogen-bond acceptors (Lipinski definition) is 3. The summed E-state index contributed by atoms with van der Waals surface area (Å²) in [4.78, 5) is 1.32. The van der Waals surface area contributed by atoms with Gasteiger partial charge in [-0.2, -0.15) is 0 Å². The molecule has 1 unspecified atom stereocenters. The van der Waals surface area contributed by atoms with Crippen LogP contribution >= 0.6 is 11.3 Å². The van der Waals surface area contributed by atoms with Gasteiger partial charge in [-0.05, 0) is 41.6 Å². The maximum absolute atomic E-state index is 13.6. The Balaban J connectivity index is 1.60. The van der Waals surface area contributed by atoms with Crippen LogP contribution in [0.1, 0.15) is 21.9 Å². The Morgan fingerprint density at radius 3 is 2.46 bits per heavy atom. The molecule has 3 rings (SSSR count). The van der Waals surface area contributed by atoms with E-state index in [-0.39, 0.29) is 12.4 Å². The zero-order valence-corrected chi connectivity index (χ0v) is 14.1. The van der Waals surface area contributed by atoms with Crippen molar-refractivity contribution >= 4 is 11.3 Å². The third kappa shape index (κ3) is 4.22. The van der Waals surface area contributed by atoms with Crippen molar-refractivity contribution in [3.8, 4) is 5.75 Å². The monoisotopic (exact) mass is 341 g/mol. The molecule has 124 valence electrons. The van der Waals surface area contributed by atoms with Gasteiger partial charge in [-0.3, -0.25) is 0 Å². The van der Waals surface area contributed by atoms with Crippen LogP contribution in [0.25, 0.3) is 0 Å². The molecule has 24 heavy (non-hydrogen) atoms. The molecule has 1 aromatic heterocycles. The smallest absolute Gasteiger partial charge is 0.129 e. The molecule has 0 bridgehead atoms. The summed E-state index contributed by atoms with van der Waals surface area (Å²) in [7, 11) is 0. The second-order valence-electron chi connectivity index (χ2n) is 5.68. The molecule has 4 heteroatoms. The summed E-state index contributed by atoms with van der Waals surface area (Å²) >= 11 is 1.74. The molecule has 0 saturated heterocycles. The first-order chi connectivity index (χ1) is 11.8. The van der Waals surface area contributed by atoms with E-state index in [1.54, 1.807) is 23.5 Å². The topological polar surface area (TPSA) is 35.2 Å². The molecule has 0 aliphatic heterocycles. The largest absolute Gasteiger partial charge is 0.489 e. The lowest BCUT2D eigenvalue weighted by atomic mass is 9.98. The summed E-state index contributed by atoms with van der Waals surface area (Å²) < 4.78 is 19.3. The van der Waals surface area contributed by atoms with Crippen molar-refractivity contribution in [2.24, 2.45) is 5.73 Å². The third-order valence-electron chi connectivity index (χ3n) is 3.99. The molecule has 1 heterocycles. The molecule has 0 aliphatic rings. The lowest BCUT2D eigenvalue weighted by molar-refractivity contribution is 0.300. The molecule has 0 spiro atoms. The first-order valence-electron chi connectivity index (χ1n) is 7.95. The third-order valence-corrected chi connectivity index (χ3v) is 5.02. The van der Waals surface area contributed by atoms with Crippen molar-refractivity contribution in [2.45, 2.75) is 18.9 Å². The first-order valence-corrected chi connectivity index (χ1v) is 8.83. The van der Waals surface area contributed by atoms with Gasteiger partial charge in [-0.25, -0.2) is 4.39 Å². The van der Waals surface area contributed by atoms with Crippen molar-refractivity contribution in [3.05, 3.63) is 87.9 Å². The average molecular weight is 341 g/mol. The van der Waals surface area contributed by atoms with Gasteiger partial charge in [0, 0.05) is 22.9 Å². The van der Waals surface area contributed by atoms with Crippen LogP contribution in [0.3, 0.4) is 0 Å². The van der Waals surface area contributed by atoms with E-state index >= 15 is 0 Å². The number of thiophene rings is 1. The summed E-state index contributed by atoms with van der Waals surface area (Å²) in [5.74, 6) is 0.841. The highest BCUT2D eigenvalue weighted by molar-refractivity contribution is 7.10. The molecule has 0 radical (unpaired) electrons. The standard InChI is InChI=1S/C20H20FNOS/c21-19-5-2-1-4-16(19)14-23-18-9-7-15(8-10-18)12-17(13-22)20-6-3-11-24-20/h1-11,17H,12-14,22H2. The van der Waals surface area contributed by atoms with Crippen LogP contribution in [-0.2, 0) is 13.0 Å². The Labute approximate surface area is 145 Å². The highest BCUT2D eigenvalue weighted by Gasteiger charge is 2.11. The van der Waals surface area contributed by atoms with E-state index in [1.165, 1.54) is 16.5 Å². The van der Waals surface area contributed by atoms with E-state index in [0.29, 0.717) is 18.0 Å². The van der Waals surface area contributed by atoms with E-state index in [9.17, 15) is 4.39 Å². The Hall–Kier alpha value is -2.17. The molecule has 1 atom stereocenters. The Morgan fingerprint density at radius 1 is 1.00 bits per heavy atom. The molecular weight excluding hydrogens is 321 g/mol. The summed E-state index contributed by atoms with van der Waals surface area (Å²) in [5, 5.41) is 2.08. The predicted octanol–water partition coefficient (Wildman–Crippen LogP) is 4.75. The molecule has 3 aromatic rings. The van der Waals surface area contributed by atoms with Crippen molar-refractivity contribution in [1.29, 1.82) is 0 Å². The van der Waals surface area contributed by atoms with Crippen molar-refractivity contribution in [2.75, 3.05) is 6.54 Å². The highest BCUT2D eigenvalue weighted by Crippen LogP contribution is 2.25. The number of benzene rings is 2. The van der Waals surface area contributed by atoms with Crippen LogP contribution in [0.4, 0.5) is 4.39 Å². The van der Waals surface area contributed by atoms with Crippen LogP contribution in [0.15, 0.2) is 66.0 Å². The quantitative estimate of drug-likeness (QED) is 0.673. The summed E-state index contributed by atoms with van der Waals surface area (Å²) in [6, 6.07) is 18.8. The molecule has 2 N–H and O–H groups in total. The first kappa shape index (κ1) is 16.7. The zero-order valence-electron chi connectivity index (χ0n) is 13.3. The number of halogens is 1. The highest BCUT2D eigenvalue weighted by atomic mass is 32.1. The SMILES string of the molecule is NCC(Cc1ccc(OCc2ccccc2F)cc1)c1cccs1. The second kappa shape index (κ2) is 8.08. The lowest BCUT2D eigenvalue weighted by Gasteiger charge is -2.13. The van der Waals surface area contributed by atoms with Crippen LogP contribution in [0, 0.1) is 5.82 Å². The molecule has 0 saturated carbocycles. The zero-order chi connectivity index (χ0) is 16.8. The average Bonchev–Trinajstić information content (AvgIpc) is 3.14. The number of rotatable bonds is 7. The van der Waals surface area contributed by atoms with Crippen LogP contribution < -0.4 is 10.5 Å². The number of nitrogens with two attached hydrogens (primary N) is 1. The summed E-state index contributed by atoms with van der Waals surface area (Å²) in [6.45, 7) is 0.860. The van der Waals surface area contributed by atoms with Crippen molar-refractivity contribution in [1.82, 2.24) is 0 Å². The van der Waals surface area contributed by atoms with Gasteiger partial charge >= 0.3 is 0 Å². The van der Waals surface area contributed by atoms with Gasteiger partial charge < -0.3 is 10.5 Å². The minimum absolute atomic E-state index is 0.229. The predicted molar refractivity (Wildman–Crippen MR) is 97.0 cm³/mol.